The molecule has 3 rings (SSSR count). The van der Waals surface area contributed by atoms with Crippen LogP contribution in [-0.4, -0.2) is 35.2 Å². The average Bonchev–Trinajstić information content (AvgIpc) is 3.27. The molecule has 20 heavy (non-hydrogen) atoms. The Hall–Kier alpha value is -0.320. The van der Waals surface area contributed by atoms with Gasteiger partial charge in [-0.2, -0.15) is 23.5 Å². The zero-order chi connectivity index (χ0) is 13.9. The Kier molecular flexibility index (Phi) is 4.84. The van der Waals surface area contributed by atoms with Gasteiger partial charge in [0, 0.05) is 28.0 Å². The molecule has 1 aliphatic heterocycles. The molecule has 0 aromatic heterocycles. The first-order valence-corrected chi connectivity index (χ1v) is 9.55. The third-order valence-corrected chi connectivity index (χ3v) is 7.14. The summed E-state index contributed by atoms with van der Waals surface area (Å²) < 4.78 is 5.83. The van der Waals surface area contributed by atoms with Crippen molar-refractivity contribution in [3.8, 4) is 5.75 Å². The minimum absolute atomic E-state index is 0.428. The second-order valence-corrected chi connectivity index (χ2v) is 8.33. The predicted molar refractivity (Wildman–Crippen MR) is 90.1 cm³/mol. The van der Waals surface area contributed by atoms with Crippen LogP contribution in [0, 0.1) is 0 Å². The molecule has 3 atom stereocenters. The van der Waals surface area contributed by atoms with Crippen molar-refractivity contribution in [2.24, 2.45) is 0 Å². The van der Waals surface area contributed by atoms with Crippen molar-refractivity contribution < 1.29 is 4.74 Å². The van der Waals surface area contributed by atoms with Gasteiger partial charge in [-0.15, -0.1) is 0 Å². The maximum absolute atomic E-state index is 5.83. The molecule has 0 amide bonds. The van der Waals surface area contributed by atoms with E-state index in [9.17, 15) is 0 Å². The standard InChI is InChI=1S/C16H23NOS2/c1-11-16(20-10-9-19-11)15(17-2)12-3-5-13(6-4-12)18-14-7-8-14/h3-6,11,14-17H,7-10H2,1-2H3. The highest BCUT2D eigenvalue weighted by molar-refractivity contribution is 8.07. The van der Waals surface area contributed by atoms with Crippen LogP contribution in [0.15, 0.2) is 24.3 Å². The maximum Gasteiger partial charge on any atom is 0.119 e. The molecule has 0 bridgehead atoms. The van der Waals surface area contributed by atoms with Gasteiger partial charge in [-0.1, -0.05) is 19.1 Å². The van der Waals surface area contributed by atoms with Gasteiger partial charge in [-0.05, 0) is 37.6 Å². The normalized spacial score (nSPS) is 28.1. The Balaban J connectivity index is 1.70. The molecule has 1 aromatic carbocycles. The molecule has 1 aliphatic carbocycles. The SMILES string of the molecule is CNC(c1ccc(OC2CC2)cc1)C1SCCSC1C. The van der Waals surface area contributed by atoms with Gasteiger partial charge >= 0.3 is 0 Å². The van der Waals surface area contributed by atoms with Crippen LogP contribution in [0.1, 0.15) is 31.4 Å². The van der Waals surface area contributed by atoms with Crippen molar-refractivity contribution in [3.63, 3.8) is 0 Å². The number of hydrogen-bond donors (Lipinski definition) is 1. The van der Waals surface area contributed by atoms with Crippen LogP contribution in [-0.2, 0) is 0 Å². The number of nitrogens with one attached hydrogen (secondary N) is 1. The van der Waals surface area contributed by atoms with Crippen molar-refractivity contribution in [2.75, 3.05) is 18.6 Å². The van der Waals surface area contributed by atoms with E-state index >= 15 is 0 Å². The monoisotopic (exact) mass is 309 g/mol. The fourth-order valence-corrected chi connectivity index (χ4v) is 5.66. The summed E-state index contributed by atoms with van der Waals surface area (Å²) in [6, 6.07) is 9.14. The summed E-state index contributed by atoms with van der Waals surface area (Å²) in [7, 11) is 2.08. The van der Waals surface area contributed by atoms with Crippen molar-refractivity contribution in [3.05, 3.63) is 29.8 Å². The lowest BCUT2D eigenvalue weighted by Crippen LogP contribution is -2.36. The lowest BCUT2D eigenvalue weighted by atomic mass is 10.0. The van der Waals surface area contributed by atoms with Crippen LogP contribution in [0.25, 0.3) is 0 Å². The largest absolute Gasteiger partial charge is 0.490 e. The third-order valence-electron chi connectivity index (χ3n) is 3.94. The summed E-state index contributed by atoms with van der Waals surface area (Å²) in [5, 5.41) is 4.87. The van der Waals surface area contributed by atoms with E-state index in [2.05, 4.69) is 67.1 Å². The Morgan fingerprint density at radius 3 is 2.45 bits per heavy atom. The molecule has 2 fully saturated rings. The molecule has 2 aliphatic rings. The van der Waals surface area contributed by atoms with Crippen molar-refractivity contribution in [1.29, 1.82) is 0 Å². The van der Waals surface area contributed by atoms with Crippen LogP contribution < -0.4 is 10.1 Å². The fraction of sp³-hybridized carbons (Fsp3) is 0.625. The van der Waals surface area contributed by atoms with Gasteiger partial charge in [0.05, 0.1) is 6.10 Å². The van der Waals surface area contributed by atoms with Crippen LogP contribution in [0.3, 0.4) is 0 Å². The van der Waals surface area contributed by atoms with E-state index in [-0.39, 0.29) is 0 Å². The smallest absolute Gasteiger partial charge is 0.119 e. The molecule has 0 spiro atoms. The van der Waals surface area contributed by atoms with Gasteiger partial charge in [0.2, 0.25) is 0 Å². The summed E-state index contributed by atoms with van der Waals surface area (Å²) in [6.45, 7) is 2.36. The van der Waals surface area contributed by atoms with Gasteiger partial charge in [0.15, 0.2) is 0 Å². The second kappa shape index (κ2) is 6.63. The van der Waals surface area contributed by atoms with Crippen LogP contribution >= 0.6 is 23.5 Å². The van der Waals surface area contributed by atoms with Crippen molar-refractivity contribution in [1.82, 2.24) is 5.32 Å². The number of benzene rings is 1. The molecule has 3 unspecified atom stereocenters. The summed E-state index contributed by atoms with van der Waals surface area (Å²) >= 11 is 4.21. The minimum Gasteiger partial charge on any atom is -0.490 e. The molecular weight excluding hydrogens is 286 g/mol. The highest BCUT2D eigenvalue weighted by atomic mass is 32.2. The molecule has 0 radical (unpaired) electrons. The van der Waals surface area contributed by atoms with E-state index in [4.69, 9.17) is 4.74 Å². The Bertz CT molecular complexity index is 433. The van der Waals surface area contributed by atoms with E-state index in [0.29, 0.717) is 22.6 Å². The zero-order valence-electron chi connectivity index (χ0n) is 12.2. The van der Waals surface area contributed by atoms with Gasteiger partial charge in [-0.3, -0.25) is 0 Å². The van der Waals surface area contributed by atoms with E-state index in [1.54, 1.807) is 0 Å². The molecule has 4 heteroatoms. The number of ether oxygens (including phenoxy) is 1. The molecule has 2 nitrogen and oxygen atoms in total. The highest BCUT2D eigenvalue weighted by Crippen LogP contribution is 2.39. The Labute approximate surface area is 130 Å². The third kappa shape index (κ3) is 3.46. The number of hydrogen-bond acceptors (Lipinski definition) is 4. The number of rotatable bonds is 5. The molecular formula is C16H23NOS2. The van der Waals surface area contributed by atoms with Gasteiger partial charge in [-0.25, -0.2) is 0 Å². The van der Waals surface area contributed by atoms with Gasteiger partial charge in [0.1, 0.15) is 5.75 Å². The number of thioether (sulfide) groups is 2. The first-order chi connectivity index (χ1) is 9.78. The summed E-state index contributed by atoms with van der Waals surface area (Å²) in [4.78, 5) is 0. The average molecular weight is 309 g/mol. The maximum atomic E-state index is 5.83. The van der Waals surface area contributed by atoms with Crippen molar-refractivity contribution >= 4 is 23.5 Å². The topological polar surface area (TPSA) is 21.3 Å². The highest BCUT2D eigenvalue weighted by Gasteiger charge is 2.30. The predicted octanol–water partition coefficient (Wildman–Crippen LogP) is 3.73. The van der Waals surface area contributed by atoms with Crippen LogP contribution in [0.4, 0.5) is 0 Å². The first kappa shape index (κ1) is 14.6. The Morgan fingerprint density at radius 1 is 1.15 bits per heavy atom. The lowest BCUT2D eigenvalue weighted by molar-refractivity contribution is 0.303. The van der Waals surface area contributed by atoms with E-state index in [0.717, 1.165) is 5.75 Å². The minimum atomic E-state index is 0.428. The van der Waals surface area contributed by atoms with Gasteiger partial charge < -0.3 is 10.1 Å². The summed E-state index contributed by atoms with van der Waals surface area (Å²) in [6.07, 6.45) is 2.91. The fourth-order valence-electron chi connectivity index (χ4n) is 2.67. The molecule has 1 N–H and O–H groups in total. The van der Waals surface area contributed by atoms with Gasteiger partial charge in [0.25, 0.3) is 0 Å². The van der Waals surface area contributed by atoms with Crippen molar-refractivity contribution in [2.45, 2.75) is 42.4 Å². The molecule has 1 heterocycles. The summed E-state index contributed by atoms with van der Waals surface area (Å²) in [5.41, 5.74) is 1.38. The zero-order valence-corrected chi connectivity index (χ0v) is 13.8. The molecule has 1 saturated heterocycles. The quantitative estimate of drug-likeness (QED) is 0.894. The second-order valence-electron chi connectivity index (χ2n) is 5.56. The lowest BCUT2D eigenvalue weighted by Gasteiger charge is -2.34. The first-order valence-electron chi connectivity index (χ1n) is 7.45. The molecule has 110 valence electrons. The van der Waals surface area contributed by atoms with Crippen LogP contribution in [0.5, 0.6) is 5.75 Å². The molecule has 1 aromatic rings. The van der Waals surface area contributed by atoms with Crippen LogP contribution in [0.2, 0.25) is 0 Å². The Morgan fingerprint density at radius 2 is 1.85 bits per heavy atom. The molecule has 1 saturated carbocycles. The van der Waals surface area contributed by atoms with E-state index < -0.39 is 0 Å². The summed E-state index contributed by atoms with van der Waals surface area (Å²) in [5.74, 6) is 3.57. The van der Waals surface area contributed by atoms with E-state index in [1.165, 1.54) is 29.9 Å². The van der Waals surface area contributed by atoms with E-state index in [1.807, 2.05) is 0 Å².